The largest absolute Gasteiger partial charge is 0.508 e. The molecule has 0 aliphatic heterocycles. The molecule has 0 saturated carbocycles. The summed E-state index contributed by atoms with van der Waals surface area (Å²) in [7, 11) is 0. The van der Waals surface area contributed by atoms with Gasteiger partial charge >= 0.3 is 0 Å². The van der Waals surface area contributed by atoms with Crippen LogP contribution in [0, 0.1) is 0 Å². The monoisotopic (exact) mass is 318 g/mol. The lowest BCUT2D eigenvalue weighted by atomic mass is 10.2. The maximum absolute atomic E-state index is 11.8. The van der Waals surface area contributed by atoms with Gasteiger partial charge in [0.05, 0.1) is 6.21 Å². The van der Waals surface area contributed by atoms with E-state index in [1.165, 1.54) is 18.3 Å². The average Bonchev–Trinajstić information content (AvgIpc) is 2.51. The van der Waals surface area contributed by atoms with E-state index >= 15 is 0 Å². The van der Waals surface area contributed by atoms with Crippen molar-refractivity contribution >= 4 is 23.7 Å². The van der Waals surface area contributed by atoms with Crippen LogP contribution in [0.3, 0.4) is 0 Å². The Balaban J connectivity index is 1.85. The van der Waals surface area contributed by atoms with Gasteiger partial charge in [0.2, 0.25) is 0 Å². The van der Waals surface area contributed by atoms with Gasteiger partial charge in [-0.05, 0) is 61.0 Å². The van der Waals surface area contributed by atoms with Gasteiger partial charge < -0.3 is 9.84 Å². The number of amides is 1. The van der Waals surface area contributed by atoms with Gasteiger partial charge in [0.25, 0.3) is 5.91 Å². The molecule has 1 atom stereocenters. The van der Waals surface area contributed by atoms with Crippen LogP contribution in [-0.2, 0) is 4.79 Å². The lowest BCUT2D eigenvalue weighted by Crippen LogP contribution is -2.33. The summed E-state index contributed by atoms with van der Waals surface area (Å²) in [6.07, 6.45) is 0.782. The second-order valence-corrected chi connectivity index (χ2v) is 4.98. The first-order valence-corrected chi connectivity index (χ1v) is 6.96. The van der Waals surface area contributed by atoms with E-state index < -0.39 is 6.10 Å². The molecular weight excluding hydrogens is 304 g/mol. The molecule has 2 rings (SSSR count). The highest BCUT2D eigenvalue weighted by Crippen LogP contribution is 2.16. The molecule has 0 aromatic heterocycles. The number of hydrogen-bond donors (Lipinski definition) is 2. The highest BCUT2D eigenvalue weighted by Gasteiger charge is 2.13. The average molecular weight is 319 g/mol. The molecule has 0 heterocycles. The van der Waals surface area contributed by atoms with Gasteiger partial charge in [-0.1, -0.05) is 11.6 Å². The van der Waals surface area contributed by atoms with Crippen LogP contribution in [0.4, 0.5) is 0 Å². The highest BCUT2D eigenvalue weighted by molar-refractivity contribution is 6.30. The maximum atomic E-state index is 11.8. The summed E-state index contributed by atoms with van der Waals surface area (Å²) in [5.41, 5.74) is 3.15. The number of nitrogens with zero attached hydrogens (tertiary/aromatic N) is 1. The van der Waals surface area contributed by atoms with Crippen LogP contribution in [0.5, 0.6) is 11.5 Å². The van der Waals surface area contributed by atoms with Crippen molar-refractivity contribution in [2.45, 2.75) is 13.0 Å². The standard InChI is InChI=1S/C16H15ClN2O3/c1-11(22-15-8-4-13(17)5-9-15)16(21)19-18-10-12-2-6-14(20)7-3-12/h2-11,20H,1H3,(H,19,21)/b18-10-/t11-/m0/s1. The van der Waals surface area contributed by atoms with Crippen molar-refractivity contribution < 1.29 is 14.6 Å². The van der Waals surface area contributed by atoms with Crippen LogP contribution in [-0.4, -0.2) is 23.3 Å². The summed E-state index contributed by atoms with van der Waals surface area (Å²) in [6.45, 7) is 1.63. The molecule has 0 aliphatic rings. The van der Waals surface area contributed by atoms with Crippen molar-refractivity contribution in [3.8, 4) is 11.5 Å². The van der Waals surface area contributed by atoms with E-state index in [2.05, 4.69) is 10.5 Å². The SMILES string of the molecule is C[C@H](Oc1ccc(Cl)cc1)C(=O)N/N=C\c1ccc(O)cc1. The Bertz CT molecular complexity index is 654. The minimum atomic E-state index is -0.696. The lowest BCUT2D eigenvalue weighted by Gasteiger charge is -2.12. The summed E-state index contributed by atoms with van der Waals surface area (Å²) in [5.74, 6) is 0.353. The predicted molar refractivity (Wildman–Crippen MR) is 85.4 cm³/mol. The quantitative estimate of drug-likeness (QED) is 0.657. The lowest BCUT2D eigenvalue weighted by molar-refractivity contribution is -0.127. The number of halogens is 1. The number of phenolic OH excluding ortho intramolecular Hbond substituents is 1. The third kappa shape index (κ3) is 4.79. The van der Waals surface area contributed by atoms with E-state index in [0.29, 0.717) is 10.8 Å². The van der Waals surface area contributed by atoms with E-state index in [0.717, 1.165) is 5.56 Å². The third-order valence-corrected chi connectivity index (χ3v) is 3.03. The van der Waals surface area contributed by atoms with E-state index in [9.17, 15) is 4.79 Å². The summed E-state index contributed by atoms with van der Waals surface area (Å²) in [6, 6.07) is 13.2. The van der Waals surface area contributed by atoms with Crippen molar-refractivity contribution in [1.29, 1.82) is 0 Å². The van der Waals surface area contributed by atoms with Crippen molar-refractivity contribution in [3.63, 3.8) is 0 Å². The zero-order chi connectivity index (χ0) is 15.9. The number of hydrazone groups is 1. The Labute approximate surface area is 133 Å². The fourth-order valence-electron chi connectivity index (χ4n) is 1.59. The van der Waals surface area contributed by atoms with Crippen molar-refractivity contribution in [3.05, 3.63) is 59.1 Å². The molecule has 2 N–H and O–H groups in total. The zero-order valence-electron chi connectivity index (χ0n) is 11.9. The summed E-state index contributed by atoms with van der Waals surface area (Å²) >= 11 is 5.78. The molecule has 6 heteroatoms. The molecule has 0 bridgehead atoms. The fraction of sp³-hybridized carbons (Fsp3) is 0.125. The van der Waals surface area contributed by atoms with E-state index in [-0.39, 0.29) is 11.7 Å². The Morgan fingerprint density at radius 3 is 2.50 bits per heavy atom. The first-order valence-electron chi connectivity index (χ1n) is 6.59. The number of phenols is 1. The van der Waals surface area contributed by atoms with Crippen LogP contribution in [0.1, 0.15) is 12.5 Å². The maximum Gasteiger partial charge on any atom is 0.280 e. The fourth-order valence-corrected chi connectivity index (χ4v) is 1.72. The number of hydrogen-bond acceptors (Lipinski definition) is 4. The number of carbonyl (C=O) groups is 1. The van der Waals surface area contributed by atoms with Gasteiger partial charge in [0.1, 0.15) is 11.5 Å². The van der Waals surface area contributed by atoms with Gasteiger partial charge in [-0.3, -0.25) is 4.79 Å². The minimum absolute atomic E-state index is 0.172. The predicted octanol–water partition coefficient (Wildman–Crippen LogP) is 2.96. The Hall–Kier alpha value is -2.53. The molecule has 114 valence electrons. The van der Waals surface area contributed by atoms with Crippen LogP contribution < -0.4 is 10.2 Å². The molecule has 0 fully saturated rings. The molecular formula is C16H15ClN2O3. The second-order valence-electron chi connectivity index (χ2n) is 4.54. The second kappa shape index (κ2) is 7.47. The highest BCUT2D eigenvalue weighted by atomic mass is 35.5. The number of aromatic hydroxyl groups is 1. The van der Waals surface area contributed by atoms with Gasteiger partial charge in [-0.2, -0.15) is 5.10 Å². The number of carbonyl (C=O) groups excluding carboxylic acids is 1. The van der Waals surface area contributed by atoms with Gasteiger partial charge in [-0.25, -0.2) is 5.43 Å². The van der Waals surface area contributed by atoms with Gasteiger partial charge in [0, 0.05) is 5.02 Å². The van der Waals surface area contributed by atoms with Crippen molar-refractivity contribution in [2.75, 3.05) is 0 Å². The van der Waals surface area contributed by atoms with E-state index in [1.807, 2.05) is 0 Å². The smallest absolute Gasteiger partial charge is 0.280 e. The number of benzene rings is 2. The molecule has 0 spiro atoms. The molecule has 0 unspecified atom stereocenters. The molecule has 0 aliphatic carbocycles. The number of rotatable bonds is 5. The normalized spacial score (nSPS) is 12.1. The van der Waals surface area contributed by atoms with E-state index in [4.69, 9.17) is 21.4 Å². The van der Waals surface area contributed by atoms with Crippen molar-refractivity contribution in [2.24, 2.45) is 5.10 Å². The van der Waals surface area contributed by atoms with Crippen LogP contribution in [0.15, 0.2) is 53.6 Å². The van der Waals surface area contributed by atoms with Gasteiger partial charge in [0.15, 0.2) is 6.10 Å². The third-order valence-electron chi connectivity index (χ3n) is 2.78. The number of nitrogens with one attached hydrogen (secondary N) is 1. The molecule has 2 aromatic rings. The van der Waals surface area contributed by atoms with Gasteiger partial charge in [-0.15, -0.1) is 0 Å². The van der Waals surface area contributed by atoms with Crippen LogP contribution in [0.25, 0.3) is 0 Å². The van der Waals surface area contributed by atoms with Crippen molar-refractivity contribution in [1.82, 2.24) is 5.43 Å². The summed E-state index contributed by atoms with van der Waals surface area (Å²) in [5, 5.41) is 13.6. The molecule has 0 radical (unpaired) electrons. The first-order chi connectivity index (χ1) is 10.5. The Kier molecular flexibility index (Phi) is 5.38. The molecule has 0 saturated heterocycles. The van der Waals surface area contributed by atoms with Crippen LogP contribution >= 0.6 is 11.6 Å². The summed E-state index contributed by atoms with van der Waals surface area (Å²) in [4.78, 5) is 11.8. The Morgan fingerprint density at radius 2 is 1.86 bits per heavy atom. The molecule has 22 heavy (non-hydrogen) atoms. The molecule has 5 nitrogen and oxygen atoms in total. The number of ether oxygens (including phenoxy) is 1. The van der Waals surface area contributed by atoms with E-state index in [1.54, 1.807) is 43.3 Å². The molecule has 1 amide bonds. The first kappa shape index (κ1) is 15.9. The minimum Gasteiger partial charge on any atom is -0.508 e. The summed E-state index contributed by atoms with van der Waals surface area (Å²) < 4.78 is 5.47. The Morgan fingerprint density at radius 1 is 1.23 bits per heavy atom. The zero-order valence-corrected chi connectivity index (χ0v) is 12.6. The van der Waals surface area contributed by atoms with Crippen LogP contribution in [0.2, 0.25) is 5.02 Å². The molecule has 2 aromatic carbocycles. The topological polar surface area (TPSA) is 70.9 Å².